The molecule has 3 heteroatoms. The molecule has 0 aliphatic carbocycles. The second-order valence-electron chi connectivity index (χ2n) is 5.22. The fourth-order valence-corrected chi connectivity index (χ4v) is 2.84. The number of rotatable bonds is 3. The minimum atomic E-state index is 0.0778. The lowest BCUT2D eigenvalue weighted by atomic mass is 9.93. The number of benzene rings is 2. The summed E-state index contributed by atoms with van der Waals surface area (Å²) < 4.78 is 0. The Balaban J connectivity index is 2.01. The van der Waals surface area contributed by atoms with Gasteiger partial charge in [0.25, 0.3) is 0 Å². The van der Waals surface area contributed by atoms with Gasteiger partial charge in [0.05, 0.1) is 12.5 Å². The molecule has 0 bridgehead atoms. The van der Waals surface area contributed by atoms with Crippen LogP contribution in [0.15, 0.2) is 42.5 Å². The van der Waals surface area contributed by atoms with Crippen molar-refractivity contribution in [2.45, 2.75) is 19.4 Å². The van der Waals surface area contributed by atoms with Crippen molar-refractivity contribution >= 4 is 11.6 Å². The molecule has 1 aliphatic rings. The van der Waals surface area contributed by atoms with Crippen LogP contribution in [0.2, 0.25) is 0 Å². The summed E-state index contributed by atoms with van der Waals surface area (Å²) in [6.45, 7) is 2.12. The van der Waals surface area contributed by atoms with Crippen LogP contribution in [-0.4, -0.2) is 13.0 Å². The van der Waals surface area contributed by atoms with Gasteiger partial charge in [-0.2, -0.15) is 0 Å². The molecule has 102 valence electrons. The summed E-state index contributed by atoms with van der Waals surface area (Å²) in [4.78, 5) is 11.4. The summed E-state index contributed by atoms with van der Waals surface area (Å²) in [7, 11) is 1.97. The fraction of sp³-hybridized carbons (Fsp3) is 0.235. The van der Waals surface area contributed by atoms with Crippen molar-refractivity contribution in [2.24, 2.45) is 0 Å². The predicted octanol–water partition coefficient (Wildman–Crippen LogP) is 2.80. The molecule has 2 aromatic rings. The lowest BCUT2D eigenvalue weighted by Gasteiger charge is -2.20. The lowest BCUT2D eigenvalue weighted by Crippen LogP contribution is -2.18. The van der Waals surface area contributed by atoms with Gasteiger partial charge in [-0.25, -0.2) is 0 Å². The number of carbonyl (C=O) groups is 1. The highest BCUT2D eigenvalue weighted by molar-refractivity contribution is 5.99. The van der Waals surface area contributed by atoms with Gasteiger partial charge in [0.2, 0.25) is 5.91 Å². The summed E-state index contributed by atoms with van der Waals surface area (Å²) >= 11 is 0. The first-order valence-electron chi connectivity index (χ1n) is 6.84. The first kappa shape index (κ1) is 12.9. The molecule has 3 rings (SSSR count). The van der Waals surface area contributed by atoms with E-state index in [1.54, 1.807) is 0 Å². The van der Waals surface area contributed by atoms with Crippen LogP contribution in [-0.2, 0) is 11.2 Å². The molecule has 0 saturated carbocycles. The van der Waals surface area contributed by atoms with Crippen LogP contribution in [0.4, 0.5) is 5.69 Å². The zero-order valence-electron chi connectivity index (χ0n) is 11.7. The molecule has 0 aromatic heterocycles. The lowest BCUT2D eigenvalue weighted by molar-refractivity contribution is -0.115. The third-order valence-corrected chi connectivity index (χ3v) is 3.88. The maximum absolute atomic E-state index is 11.4. The van der Waals surface area contributed by atoms with Crippen LogP contribution in [0.1, 0.15) is 28.3 Å². The van der Waals surface area contributed by atoms with Crippen molar-refractivity contribution in [3.05, 3.63) is 64.7 Å². The van der Waals surface area contributed by atoms with Crippen molar-refractivity contribution in [3.8, 4) is 0 Å². The molecule has 1 atom stereocenters. The summed E-state index contributed by atoms with van der Waals surface area (Å²) in [6.07, 6.45) is 0.480. The van der Waals surface area contributed by atoms with Crippen molar-refractivity contribution in [1.82, 2.24) is 5.32 Å². The van der Waals surface area contributed by atoms with Gasteiger partial charge in [0.15, 0.2) is 0 Å². The normalized spacial score (nSPS) is 14.8. The van der Waals surface area contributed by atoms with Gasteiger partial charge < -0.3 is 10.6 Å². The summed E-state index contributed by atoms with van der Waals surface area (Å²) in [6, 6.07) is 14.7. The SMILES string of the molecule is CNC(c1ccc2c(c1)CC(=O)N2)c1ccccc1C. The molecule has 20 heavy (non-hydrogen) atoms. The quantitative estimate of drug-likeness (QED) is 0.897. The Morgan fingerprint density at radius 2 is 2.00 bits per heavy atom. The van der Waals surface area contributed by atoms with Crippen LogP contribution in [0.3, 0.4) is 0 Å². The van der Waals surface area contributed by atoms with Crippen LogP contribution in [0.25, 0.3) is 0 Å². The van der Waals surface area contributed by atoms with Gasteiger partial charge in [-0.05, 0) is 42.3 Å². The van der Waals surface area contributed by atoms with Gasteiger partial charge >= 0.3 is 0 Å². The summed E-state index contributed by atoms with van der Waals surface area (Å²) in [5.41, 5.74) is 5.76. The number of anilines is 1. The molecule has 0 saturated heterocycles. The van der Waals surface area contributed by atoms with E-state index in [0.717, 1.165) is 11.3 Å². The van der Waals surface area contributed by atoms with Gasteiger partial charge in [0.1, 0.15) is 0 Å². The van der Waals surface area contributed by atoms with Crippen LogP contribution in [0.5, 0.6) is 0 Å². The summed E-state index contributed by atoms with van der Waals surface area (Å²) in [5.74, 6) is 0.0778. The molecule has 1 aliphatic heterocycles. The average molecular weight is 266 g/mol. The third-order valence-electron chi connectivity index (χ3n) is 3.88. The van der Waals surface area contributed by atoms with E-state index in [-0.39, 0.29) is 11.9 Å². The van der Waals surface area contributed by atoms with E-state index in [2.05, 4.69) is 54.0 Å². The number of hydrogen-bond acceptors (Lipinski definition) is 2. The fourth-order valence-electron chi connectivity index (χ4n) is 2.84. The second-order valence-corrected chi connectivity index (χ2v) is 5.22. The smallest absolute Gasteiger partial charge is 0.228 e. The Hall–Kier alpha value is -2.13. The maximum Gasteiger partial charge on any atom is 0.228 e. The highest BCUT2D eigenvalue weighted by Gasteiger charge is 2.20. The van der Waals surface area contributed by atoms with E-state index >= 15 is 0 Å². The Morgan fingerprint density at radius 3 is 2.75 bits per heavy atom. The van der Waals surface area contributed by atoms with E-state index in [1.165, 1.54) is 16.7 Å². The Labute approximate surface area is 119 Å². The Morgan fingerprint density at radius 1 is 1.20 bits per heavy atom. The largest absolute Gasteiger partial charge is 0.326 e. The first-order valence-corrected chi connectivity index (χ1v) is 6.84. The monoisotopic (exact) mass is 266 g/mol. The second kappa shape index (κ2) is 5.10. The molecule has 0 radical (unpaired) electrons. The van der Waals surface area contributed by atoms with E-state index < -0.39 is 0 Å². The van der Waals surface area contributed by atoms with Crippen LogP contribution >= 0.6 is 0 Å². The molecular formula is C17H18N2O. The molecule has 1 heterocycles. The van der Waals surface area contributed by atoms with E-state index in [0.29, 0.717) is 6.42 Å². The molecule has 2 N–H and O–H groups in total. The molecule has 1 amide bonds. The first-order chi connectivity index (χ1) is 9.69. The zero-order chi connectivity index (χ0) is 14.1. The number of carbonyl (C=O) groups excluding carboxylic acids is 1. The highest BCUT2D eigenvalue weighted by atomic mass is 16.1. The maximum atomic E-state index is 11.4. The number of hydrogen-bond donors (Lipinski definition) is 2. The van der Waals surface area contributed by atoms with E-state index in [1.807, 2.05) is 13.1 Å². The number of aryl methyl sites for hydroxylation is 1. The number of fused-ring (bicyclic) bond motifs is 1. The molecule has 0 fully saturated rings. The van der Waals surface area contributed by atoms with Gasteiger partial charge in [-0.15, -0.1) is 0 Å². The zero-order valence-corrected chi connectivity index (χ0v) is 11.7. The standard InChI is InChI=1S/C17H18N2O/c1-11-5-3-4-6-14(11)17(18-2)12-7-8-15-13(9-12)10-16(20)19-15/h3-9,17-18H,10H2,1-2H3,(H,19,20). The Kier molecular flexibility index (Phi) is 3.28. The Bertz CT molecular complexity index is 664. The number of nitrogens with one attached hydrogen (secondary N) is 2. The van der Waals surface area contributed by atoms with E-state index in [4.69, 9.17) is 0 Å². The predicted molar refractivity (Wildman–Crippen MR) is 80.9 cm³/mol. The molecule has 3 nitrogen and oxygen atoms in total. The molecule has 1 unspecified atom stereocenters. The van der Waals surface area contributed by atoms with Crippen molar-refractivity contribution in [3.63, 3.8) is 0 Å². The van der Waals surface area contributed by atoms with Gasteiger partial charge in [-0.3, -0.25) is 4.79 Å². The minimum absolute atomic E-state index is 0.0778. The van der Waals surface area contributed by atoms with E-state index in [9.17, 15) is 4.79 Å². The van der Waals surface area contributed by atoms with Gasteiger partial charge in [-0.1, -0.05) is 36.4 Å². The van der Waals surface area contributed by atoms with Crippen molar-refractivity contribution < 1.29 is 4.79 Å². The highest BCUT2D eigenvalue weighted by Crippen LogP contribution is 2.30. The van der Waals surface area contributed by atoms with Gasteiger partial charge in [0, 0.05) is 5.69 Å². The topological polar surface area (TPSA) is 41.1 Å². The van der Waals surface area contributed by atoms with Crippen LogP contribution < -0.4 is 10.6 Å². The average Bonchev–Trinajstić information content (AvgIpc) is 2.81. The molecule has 0 spiro atoms. The minimum Gasteiger partial charge on any atom is -0.326 e. The molecule has 2 aromatic carbocycles. The molecular weight excluding hydrogens is 248 g/mol. The van der Waals surface area contributed by atoms with Crippen molar-refractivity contribution in [2.75, 3.05) is 12.4 Å². The number of amides is 1. The van der Waals surface area contributed by atoms with Crippen molar-refractivity contribution in [1.29, 1.82) is 0 Å². The summed E-state index contributed by atoms with van der Waals surface area (Å²) in [5, 5.41) is 6.25. The third kappa shape index (κ3) is 2.21. The van der Waals surface area contributed by atoms with Crippen LogP contribution in [0, 0.1) is 6.92 Å².